The quantitative estimate of drug-likeness (QED) is 0.700. The summed E-state index contributed by atoms with van der Waals surface area (Å²) in [6, 6.07) is 0.611. The fourth-order valence-corrected chi connectivity index (χ4v) is 2.38. The Bertz CT molecular complexity index is 282. The van der Waals surface area contributed by atoms with Gasteiger partial charge in [-0.2, -0.15) is 0 Å². The van der Waals surface area contributed by atoms with Crippen molar-refractivity contribution in [2.24, 2.45) is 0 Å². The second-order valence-electron chi connectivity index (χ2n) is 4.15. The largest absolute Gasteiger partial charge is 0.313 e. The van der Waals surface area contributed by atoms with Gasteiger partial charge in [0.2, 0.25) is 0 Å². The first kappa shape index (κ1) is 13.4. The molecule has 0 radical (unpaired) electrons. The van der Waals surface area contributed by atoms with Crippen LogP contribution in [-0.4, -0.2) is 17.6 Å². The molecule has 90 valence electrons. The maximum atomic E-state index is 4.34. The van der Waals surface area contributed by atoms with Crippen LogP contribution in [0.4, 0.5) is 0 Å². The summed E-state index contributed by atoms with van der Waals surface area (Å²) in [6.45, 7) is 9.24. The molecule has 0 aliphatic carbocycles. The van der Waals surface area contributed by atoms with Crippen LogP contribution in [0.15, 0.2) is 24.2 Å². The summed E-state index contributed by atoms with van der Waals surface area (Å²) in [5.41, 5.74) is 0. The van der Waals surface area contributed by atoms with Crippen LogP contribution in [0.25, 0.3) is 0 Å². The highest BCUT2D eigenvalue weighted by molar-refractivity contribution is 7.09. The Morgan fingerprint density at radius 1 is 1.62 bits per heavy atom. The highest BCUT2D eigenvalue weighted by Crippen LogP contribution is 2.17. The van der Waals surface area contributed by atoms with E-state index in [0.29, 0.717) is 12.0 Å². The monoisotopic (exact) mass is 238 g/mol. The summed E-state index contributed by atoms with van der Waals surface area (Å²) in [7, 11) is 0. The van der Waals surface area contributed by atoms with Crippen LogP contribution in [0.2, 0.25) is 0 Å². The Balaban J connectivity index is 2.29. The summed E-state index contributed by atoms with van der Waals surface area (Å²) >= 11 is 1.74. The Kier molecular flexibility index (Phi) is 6.34. The summed E-state index contributed by atoms with van der Waals surface area (Å²) in [6.07, 6.45) is 7.33. The van der Waals surface area contributed by atoms with Crippen molar-refractivity contribution in [3.63, 3.8) is 0 Å². The zero-order valence-corrected chi connectivity index (χ0v) is 11.1. The Morgan fingerprint density at radius 3 is 3.00 bits per heavy atom. The first-order chi connectivity index (χ1) is 7.77. The zero-order chi connectivity index (χ0) is 11.8. The van der Waals surface area contributed by atoms with E-state index >= 15 is 0 Å². The van der Waals surface area contributed by atoms with Gasteiger partial charge in [0.15, 0.2) is 0 Å². The summed E-state index contributed by atoms with van der Waals surface area (Å²) < 4.78 is 0. The molecule has 0 fully saturated rings. The van der Waals surface area contributed by atoms with Crippen molar-refractivity contribution >= 4 is 11.3 Å². The van der Waals surface area contributed by atoms with Gasteiger partial charge in [0.25, 0.3) is 0 Å². The SMILES string of the molecule is C=CCCC(CC)NCC(C)c1nccs1. The van der Waals surface area contributed by atoms with Gasteiger partial charge in [-0.25, -0.2) is 4.98 Å². The van der Waals surface area contributed by atoms with E-state index in [4.69, 9.17) is 0 Å². The van der Waals surface area contributed by atoms with Crippen LogP contribution >= 0.6 is 11.3 Å². The second-order valence-corrected chi connectivity index (χ2v) is 5.08. The third kappa shape index (κ3) is 4.45. The van der Waals surface area contributed by atoms with Crippen molar-refractivity contribution in [3.05, 3.63) is 29.2 Å². The van der Waals surface area contributed by atoms with Crippen molar-refractivity contribution in [3.8, 4) is 0 Å². The van der Waals surface area contributed by atoms with E-state index in [1.807, 2.05) is 17.7 Å². The molecule has 0 aliphatic heterocycles. The molecule has 0 bridgehead atoms. The van der Waals surface area contributed by atoms with Gasteiger partial charge < -0.3 is 5.32 Å². The van der Waals surface area contributed by atoms with Gasteiger partial charge in [-0.15, -0.1) is 17.9 Å². The molecule has 1 aromatic heterocycles. The smallest absolute Gasteiger partial charge is 0.0965 e. The average Bonchev–Trinajstić information content (AvgIpc) is 2.82. The van der Waals surface area contributed by atoms with Gasteiger partial charge in [-0.3, -0.25) is 0 Å². The van der Waals surface area contributed by atoms with Crippen LogP contribution in [0.1, 0.15) is 44.0 Å². The Morgan fingerprint density at radius 2 is 2.44 bits per heavy atom. The molecule has 2 nitrogen and oxygen atoms in total. The predicted molar refractivity (Wildman–Crippen MR) is 72.0 cm³/mol. The third-order valence-corrected chi connectivity index (χ3v) is 3.80. The topological polar surface area (TPSA) is 24.9 Å². The van der Waals surface area contributed by atoms with Gasteiger partial charge in [0.1, 0.15) is 0 Å². The molecule has 1 N–H and O–H groups in total. The van der Waals surface area contributed by atoms with Crippen LogP contribution in [0.3, 0.4) is 0 Å². The van der Waals surface area contributed by atoms with Gasteiger partial charge in [-0.05, 0) is 19.3 Å². The number of hydrogen-bond donors (Lipinski definition) is 1. The van der Waals surface area contributed by atoms with E-state index in [2.05, 4.69) is 30.7 Å². The first-order valence-corrected chi connectivity index (χ1v) is 6.89. The highest BCUT2D eigenvalue weighted by Gasteiger charge is 2.10. The molecule has 1 aromatic rings. The van der Waals surface area contributed by atoms with E-state index in [1.165, 1.54) is 17.8 Å². The molecule has 2 atom stereocenters. The van der Waals surface area contributed by atoms with E-state index in [0.717, 1.165) is 13.0 Å². The molecular formula is C13H22N2S. The van der Waals surface area contributed by atoms with E-state index < -0.39 is 0 Å². The molecule has 1 rings (SSSR count). The molecule has 16 heavy (non-hydrogen) atoms. The van der Waals surface area contributed by atoms with Gasteiger partial charge in [0, 0.05) is 30.1 Å². The number of nitrogens with one attached hydrogen (secondary N) is 1. The van der Waals surface area contributed by atoms with Gasteiger partial charge in [-0.1, -0.05) is 19.9 Å². The average molecular weight is 238 g/mol. The maximum absolute atomic E-state index is 4.34. The summed E-state index contributed by atoms with van der Waals surface area (Å²) in [4.78, 5) is 4.34. The predicted octanol–water partition coefficient (Wildman–Crippen LogP) is 3.58. The molecule has 1 heterocycles. The van der Waals surface area contributed by atoms with Gasteiger partial charge in [0.05, 0.1) is 5.01 Å². The molecule has 0 aromatic carbocycles. The molecule has 0 saturated carbocycles. The lowest BCUT2D eigenvalue weighted by Gasteiger charge is -2.18. The van der Waals surface area contributed by atoms with Crippen LogP contribution < -0.4 is 5.32 Å². The number of allylic oxidation sites excluding steroid dienone is 1. The van der Waals surface area contributed by atoms with E-state index in [9.17, 15) is 0 Å². The number of hydrogen-bond acceptors (Lipinski definition) is 3. The summed E-state index contributed by atoms with van der Waals surface area (Å²) in [5, 5.41) is 6.88. The summed E-state index contributed by atoms with van der Waals surface area (Å²) in [5.74, 6) is 0.512. The fourth-order valence-electron chi connectivity index (χ4n) is 1.68. The minimum Gasteiger partial charge on any atom is -0.313 e. The number of aromatic nitrogens is 1. The maximum Gasteiger partial charge on any atom is 0.0965 e. The van der Waals surface area contributed by atoms with Crippen molar-refractivity contribution in [1.82, 2.24) is 10.3 Å². The second kappa shape index (κ2) is 7.58. The lowest BCUT2D eigenvalue weighted by Crippen LogP contribution is -2.31. The van der Waals surface area contributed by atoms with Crippen molar-refractivity contribution in [2.75, 3.05) is 6.54 Å². The molecular weight excluding hydrogens is 216 g/mol. The third-order valence-electron chi connectivity index (χ3n) is 2.80. The molecule has 0 aliphatic rings. The molecule has 0 amide bonds. The van der Waals surface area contributed by atoms with Crippen molar-refractivity contribution in [2.45, 2.75) is 45.1 Å². The lowest BCUT2D eigenvalue weighted by molar-refractivity contribution is 0.455. The molecule has 3 heteroatoms. The van der Waals surface area contributed by atoms with Crippen LogP contribution in [-0.2, 0) is 0 Å². The molecule has 2 unspecified atom stereocenters. The highest BCUT2D eigenvalue weighted by atomic mass is 32.1. The Labute approximate surface area is 103 Å². The van der Waals surface area contributed by atoms with Gasteiger partial charge >= 0.3 is 0 Å². The van der Waals surface area contributed by atoms with E-state index in [1.54, 1.807) is 11.3 Å². The minimum absolute atomic E-state index is 0.512. The number of nitrogens with zero attached hydrogens (tertiary/aromatic N) is 1. The number of thiazole rings is 1. The van der Waals surface area contributed by atoms with Crippen molar-refractivity contribution in [1.29, 1.82) is 0 Å². The van der Waals surface area contributed by atoms with Crippen LogP contribution in [0, 0.1) is 0 Å². The number of rotatable bonds is 8. The molecule has 0 saturated heterocycles. The Hall–Kier alpha value is -0.670. The normalized spacial score (nSPS) is 14.6. The standard InChI is InChI=1S/C13H22N2S/c1-4-6-7-12(5-2)15-10-11(3)13-14-8-9-16-13/h4,8-9,11-12,15H,1,5-7,10H2,2-3H3. The fraction of sp³-hybridized carbons (Fsp3) is 0.615. The van der Waals surface area contributed by atoms with Crippen LogP contribution in [0.5, 0.6) is 0 Å². The zero-order valence-electron chi connectivity index (χ0n) is 10.3. The first-order valence-electron chi connectivity index (χ1n) is 6.01. The van der Waals surface area contributed by atoms with E-state index in [-0.39, 0.29) is 0 Å². The van der Waals surface area contributed by atoms with Crippen molar-refractivity contribution < 1.29 is 0 Å². The lowest BCUT2D eigenvalue weighted by atomic mass is 10.1. The minimum atomic E-state index is 0.512. The molecule has 0 spiro atoms.